The number of likely N-dealkylation sites (N-methyl/N-ethyl adjacent to an activating group) is 3. The zero-order chi connectivity index (χ0) is 63.3. The fraction of sp³-hybridized carbons (Fsp3) is 0.364. The monoisotopic (exact) mass is 1390 g/mol. The molecule has 0 saturated carbocycles. The van der Waals surface area contributed by atoms with Gasteiger partial charge in [-0.15, -0.1) is 0 Å². The first-order chi connectivity index (χ1) is 41.8. The van der Waals surface area contributed by atoms with Crippen LogP contribution in [0.2, 0.25) is 10.0 Å². The summed E-state index contributed by atoms with van der Waals surface area (Å²) in [6, 6.07) is 23.0. The Balaban J connectivity index is 0.000000651. The van der Waals surface area contributed by atoms with Gasteiger partial charge >= 0.3 is 12.0 Å². The first kappa shape index (κ1) is 83.2. The molecular formula is C66H84Cl3F2N13O4S4. The number of nitrogens with two attached hydrogens (primary N) is 2. The van der Waals surface area contributed by atoms with E-state index in [-0.39, 0.29) is 132 Å². The Kier molecular flexibility index (Phi) is 37.1. The highest BCUT2D eigenvalue weighted by molar-refractivity contribution is 7.59. The number of rotatable bonds is 16. The minimum atomic E-state index is -0.582. The molecule has 2 aliphatic heterocycles. The van der Waals surface area contributed by atoms with Crippen molar-refractivity contribution in [3.8, 4) is 34.5 Å². The van der Waals surface area contributed by atoms with Crippen LogP contribution in [0.15, 0.2) is 111 Å². The van der Waals surface area contributed by atoms with Crippen LogP contribution in [0.1, 0.15) is 73.6 Å². The van der Waals surface area contributed by atoms with Crippen LogP contribution >= 0.6 is 88.8 Å². The smallest absolute Gasteiger partial charge is 0.319 e. The number of hydrogen-bond donors (Lipinski definition) is 2. The Bertz CT molecular complexity index is 3620. The van der Waals surface area contributed by atoms with E-state index in [1.54, 1.807) is 29.2 Å². The predicted molar refractivity (Wildman–Crippen MR) is 395 cm³/mol. The molecule has 8 aromatic rings. The van der Waals surface area contributed by atoms with E-state index < -0.39 is 16.9 Å². The van der Waals surface area contributed by atoms with E-state index >= 15 is 8.78 Å². The lowest BCUT2D eigenvalue weighted by molar-refractivity contribution is -0.127. The van der Waals surface area contributed by atoms with Crippen molar-refractivity contribution >= 4 is 155 Å². The highest BCUT2D eigenvalue weighted by Crippen LogP contribution is 2.38. The molecule has 4 aromatic carbocycles. The lowest BCUT2D eigenvalue weighted by Crippen LogP contribution is -2.38. The SMILES string of the molecule is C.C=CC(=O)Cl.CN1CCC[C@H]1COc1nc(N)c2cnc(-c3cccc4cccc(Cl)c34)c(F)c2n1.CN1CCC[C@H]1COc1nc(N)c2cnc(-c3cccc4cccc(Cl)c34)c(F)c2n1.S.S.S.S.[C-]#[N+]C[C@@H](C)CCC.[C-]#[N+]C[C@@H](C)N(CC)C(=O)C=C. The molecule has 4 aromatic heterocycles. The second kappa shape index (κ2) is 41.0. The third kappa shape index (κ3) is 21.9. The first-order valence-electron chi connectivity index (χ1n) is 28.5. The van der Waals surface area contributed by atoms with Crippen molar-refractivity contribution in [1.82, 2.24) is 44.6 Å². The van der Waals surface area contributed by atoms with Crippen molar-refractivity contribution in [1.29, 1.82) is 0 Å². The Morgan fingerprint density at radius 2 is 1.11 bits per heavy atom. The number of nitrogen functional groups attached to an aromatic ring is 2. The molecule has 496 valence electrons. The Morgan fingerprint density at radius 1 is 0.707 bits per heavy atom. The van der Waals surface area contributed by atoms with Crippen LogP contribution in [0.4, 0.5) is 20.4 Å². The maximum atomic E-state index is 15.7. The van der Waals surface area contributed by atoms with Gasteiger partial charge in [0.2, 0.25) is 24.2 Å². The lowest BCUT2D eigenvalue weighted by atomic mass is 10.0. The summed E-state index contributed by atoms with van der Waals surface area (Å²) < 4.78 is 42.9. The van der Waals surface area contributed by atoms with Crippen LogP contribution in [0, 0.1) is 30.7 Å². The molecule has 92 heavy (non-hydrogen) atoms. The van der Waals surface area contributed by atoms with Crippen LogP contribution in [-0.2, 0) is 9.59 Å². The number of halogens is 5. The fourth-order valence-corrected chi connectivity index (χ4v) is 10.7. The zero-order valence-electron chi connectivity index (χ0n) is 51.8. The number of carbonyl (C=O) groups excluding carboxylic acids is 2. The first-order valence-corrected chi connectivity index (χ1v) is 29.6. The summed E-state index contributed by atoms with van der Waals surface area (Å²) in [5, 5.41) is 4.51. The molecular weight excluding hydrogens is 1310 g/mol. The van der Waals surface area contributed by atoms with E-state index in [2.05, 4.69) is 90.5 Å². The normalized spacial score (nSPS) is 14.4. The number of anilines is 2. The quantitative estimate of drug-likeness (QED) is 0.0526. The number of allylic oxidation sites excluding steroid dienone is 1. The van der Waals surface area contributed by atoms with E-state index in [9.17, 15) is 9.59 Å². The molecule has 2 fully saturated rings. The van der Waals surface area contributed by atoms with Crippen LogP contribution in [-0.4, -0.2) is 134 Å². The minimum Gasteiger partial charge on any atom is -0.462 e. The number of carbonyl (C=O) groups is 2. The average Bonchev–Trinajstić information content (AvgIpc) is 0.778. The second-order valence-electron chi connectivity index (χ2n) is 20.9. The highest BCUT2D eigenvalue weighted by Gasteiger charge is 2.26. The van der Waals surface area contributed by atoms with Crippen molar-refractivity contribution in [2.75, 3.05) is 71.5 Å². The number of ether oxygens (including phenoxy) is 2. The van der Waals surface area contributed by atoms with Gasteiger partial charge in [0.25, 0.3) is 0 Å². The molecule has 26 heteroatoms. The Hall–Kier alpha value is -6.77. The highest BCUT2D eigenvalue weighted by atomic mass is 35.5. The summed E-state index contributed by atoms with van der Waals surface area (Å²) >= 11 is 17.6. The van der Waals surface area contributed by atoms with Crippen molar-refractivity contribution < 1.29 is 27.8 Å². The predicted octanol–water partition coefficient (Wildman–Crippen LogP) is 15.1. The van der Waals surface area contributed by atoms with Crippen LogP contribution in [0.3, 0.4) is 0 Å². The third-order valence-electron chi connectivity index (χ3n) is 14.8. The Labute approximate surface area is 582 Å². The molecule has 2 aliphatic rings. The molecule has 0 radical (unpaired) electrons. The van der Waals surface area contributed by atoms with Gasteiger partial charge in [-0.2, -0.15) is 73.9 Å². The molecule has 0 bridgehead atoms. The minimum absolute atomic E-state index is 0. The van der Waals surface area contributed by atoms with Crippen molar-refractivity contribution in [2.45, 2.75) is 91.8 Å². The summed E-state index contributed by atoms with van der Waals surface area (Å²) in [7, 11) is 4.12. The van der Waals surface area contributed by atoms with E-state index in [1.807, 2.05) is 62.4 Å². The van der Waals surface area contributed by atoms with Crippen LogP contribution in [0.25, 0.3) is 75.6 Å². The van der Waals surface area contributed by atoms with Crippen molar-refractivity contribution in [3.63, 3.8) is 0 Å². The fourth-order valence-electron chi connectivity index (χ4n) is 10.1. The van der Waals surface area contributed by atoms with E-state index in [4.69, 9.17) is 68.9 Å². The number of hydrogen-bond acceptors (Lipinski definition) is 14. The molecule has 0 spiro atoms. The maximum absolute atomic E-state index is 15.7. The van der Waals surface area contributed by atoms with Gasteiger partial charge in [-0.3, -0.25) is 19.6 Å². The molecule has 4 atom stereocenters. The number of likely N-dealkylation sites (tertiary alicyclic amines) is 2. The van der Waals surface area contributed by atoms with Gasteiger partial charge in [0.1, 0.15) is 53.3 Å². The second-order valence-corrected chi connectivity index (χ2v) is 22.1. The standard InChI is InChI=1S/2C23H21ClFN5O.C9H14N2O.C7H13N.C3H3ClO.CH4.4H2S/c2*1-30-10-4-7-14(30)12-31-23-28-21-16(22(26)29-23)11-27-20(19(21)25)15-8-2-5-13-6-3-9-17(24)18(13)15;1-5-9(12)11(6-2)8(3)7-10-4;1-4-5-7(2)6-8-3;1-2-3(4)5;;;;;/h2*2-3,5-6,8-9,11,14H,4,7,10,12H2,1H3,(H2,26,28,29);5,8H,1,6-7H2,2-3H3;7H,4-6H2,1-2H3;2H,1H2;1H4;4*1H2/t2*14-;8-;7-;;;;;;/m0010....../s1. The van der Waals surface area contributed by atoms with Gasteiger partial charge in [0.05, 0.1) is 10.8 Å². The molecule has 6 heterocycles. The zero-order valence-corrected chi connectivity index (χ0v) is 58.0. The van der Waals surface area contributed by atoms with Gasteiger partial charge < -0.3 is 45.3 Å². The lowest BCUT2D eigenvalue weighted by Gasteiger charge is -2.22. The van der Waals surface area contributed by atoms with E-state index in [0.717, 1.165) is 66.4 Å². The molecule has 4 N–H and O–H groups in total. The van der Waals surface area contributed by atoms with Gasteiger partial charge in [0.15, 0.2) is 11.6 Å². The number of aromatic nitrogens is 6. The molecule has 1 amide bonds. The van der Waals surface area contributed by atoms with Gasteiger partial charge in [-0.25, -0.2) is 21.9 Å². The summed E-state index contributed by atoms with van der Waals surface area (Å²) in [5.74, 6) is -0.391. The molecule has 0 aliphatic carbocycles. The third-order valence-corrected chi connectivity index (χ3v) is 15.6. The number of fused-ring (bicyclic) bond motifs is 4. The van der Waals surface area contributed by atoms with E-state index in [0.29, 0.717) is 70.7 Å². The van der Waals surface area contributed by atoms with Crippen LogP contribution in [0.5, 0.6) is 12.0 Å². The molecule has 2 saturated heterocycles. The molecule has 10 rings (SSSR count). The van der Waals surface area contributed by atoms with Gasteiger partial charge in [-0.05, 0) is 120 Å². The average molecular weight is 1400 g/mol. The Morgan fingerprint density at radius 3 is 1.45 bits per heavy atom. The number of amides is 1. The number of nitrogens with zero attached hydrogens (tertiary/aromatic N) is 11. The van der Waals surface area contributed by atoms with Crippen molar-refractivity contribution in [2.24, 2.45) is 5.92 Å². The summed E-state index contributed by atoms with van der Waals surface area (Å²) in [5.41, 5.74) is 13.8. The number of pyridine rings is 2. The molecule has 0 unspecified atom stereocenters. The number of benzene rings is 4. The summed E-state index contributed by atoms with van der Waals surface area (Å²) in [4.78, 5) is 59.0. The van der Waals surface area contributed by atoms with Crippen LogP contribution < -0.4 is 20.9 Å². The maximum Gasteiger partial charge on any atom is 0.319 e. The molecule has 17 nitrogen and oxygen atoms in total. The van der Waals surface area contributed by atoms with Gasteiger partial charge in [0, 0.05) is 68.9 Å². The van der Waals surface area contributed by atoms with Crippen molar-refractivity contribution in [3.05, 3.63) is 155 Å². The van der Waals surface area contributed by atoms with E-state index in [1.165, 1.54) is 31.3 Å². The summed E-state index contributed by atoms with van der Waals surface area (Å²) in [6.45, 7) is 32.3. The largest absolute Gasteiger partial charge is 0.462 e. The van der Waals surface area contributed by atoms with Gasteiger partial charge in [-0.1, -0.05) is 125 Å². The topological polar surface area (TPSA) is 200 Å². The summed E-state index contributed by atoms with van der Waals surface area (Å²) in [6.07, 6.45) is 12.1.